The molecule has 1 aromatic carbocycles. The van der Waals surface area contributed by atoms with Crippen LogP contribution in [-0.4, -0.2) is 35.7 Å². The summed E-state index contributed by atoms with van der Waals surface area (Å²) in [5, 5.41) is 19.5. The molecular weight excluding hydrogens is 430 g/mol. The van der Waals surface area contributed by atoms with Crippen LogP contribution in [0.25, 0.3) is 5.65 Å². The molecule has 0 unspecified atom stereocenters. The third kappa shape index (κ3) is 4.59. The number of benzene rings is 1. The van der Waals surface area contributed by atoms with Crippen molar-refractivity contribution in [3.8, 4) is 0 Å². The van der Waals surface area contributed by atoms with Crippen LogP contribution in [0.3, 0.4) is 0 Å². The van der Waals surface area contributed by atoms with Gasteiger partial charge in [0.1, 0.15) is 0 Å². The molecule has 164 valence electrons. The number of rotatable bonds is 7. The molecule has 0 bridgehead atoms. The topological polar surface area (TPSA) is 136 Å². The fourth-order valence-corrected chi connectivity index (χ4v) is 3.35. The number of halogens is 1. The molecule has 0 aliphatic carbocycles. The third-order valence-corrected chi connectivity index (χ3v) is 4.93. The molecule has 4 aromatic rings. The number of hydrogen-bond acceptors (Lipinski definition) is 8. The Labute approximate surface area is 189 Å². The minimum absolute atomic E-state index is 0.0757. The normalized spacial score (nSPS) is 12.0. The summed E-state index contributed by atoms with van der Waals surface area (Å²) in [4.78, 5) is 21.2. The first-order valence-electron chi connectivity index (χ1n) is 10.1. The van der Waals surface area contributed by atoms with Crippen molar-refractivity contribution in [3.05, 3.63) is 64.8 Å². The maximum absolute atomic E-state index is 12.8. The van der Waals surface area contributed by atoms with Gasteiger partial charge in [-0.3, -0.25) is 4.79 Å². The van der Waals surface area contributed by atoms with Crippen LogP contribution in [0.4, 0.5) is 17.3 Å². The number of aryl methyl sites for hydroxylation is 1. The lowest BCUT2D eigenvalue weighted by molar-refractivity contribution is 0.0933. The van der Waals surface area contributed by atoms with Gasteiger partial charge in [0.05, 0.1) is 17.9 Å². The second kappa shape index (κ2) is 9.15. The van der Waals surface area contributed by atoms with Gasteiger partial charge in [-0.15, -0.1) is 15.3 Å². The predicted molar refractivity (Wildman–Crippen MR) is 122 cm³/mol. The average Bonchev–Trinajstić information content (AvgIpc) is 3.18. The lowest BCUT2D eigenvalue weighted by Crippen LogP contribution is -2.30. The van der Waals surface area contributed by atoms with Crippen LogP contribution >= 0.6 is 11.6 Å². The van der Waals surface area contributed by atoms with E-state index < -0.39 is 11.9 Å². The number of carbonyl (C=O) groups excluding carboxylic acids is 1. The first-order valence-corrected chi connectivity index (χ1v) is 10.5. The van der Waals surface area contributed by atoms with Crippen LogP contribution in [0.5, 0.6) is 0 Å². The minimum atomic E-state index is -0.512. The molecule has 32 heavy (non-hydrogen) atoms. The number of fused-ring (bicyclic) bond motifs is 1. The number of nitrogens with two attached hydrogens (primary N) is 1. The molecule has 0 saturated heterocycles. The van der Waals surface area contributed by atoms with E-state index in [2.05, 4.69) is 35.9 Å². The number of carbonyl (C=O) groups is 1. The summed E-state index contributed by atoms with van der Waals surface area (Å²) in [7, 11) is 0. The molecule has 0 spiro atoms. The van der Waals surface area contributed by atoms with E-state index in [-0.39, 0.29) is 11.5 Å². The Hall–Kier alpha value is -3.79. The largest absolute Gasteiger partial charge is 0.382 e. The Kier molecular flexibility index (Phi) is 6.13. The molecule has 11 heteroatoms. The summed E-state index contributed by atoms with van der Waals surface area (Å²) in [6.07, 6.45) is 3.19. The number of nitrogens with one attached hydrogen (secondary N) is 2. The van der Waals surface area contributed by atoms with Crippen LogP contribution in [0.2, 0.25) is 5.02 Å². The number of nitrogen functional groups attached to an aromatic ring is 1. The van der Waals surface area contributed by atoms with Gasteiger partial charge in [-0.05, 0) is 43.7 Å². The monoisotopic (exact) mass is 451 g/mol. The molecule has 4 rings (SSSR count). The molecule has 3 heterocycles. The van der Waals surface area contributed by atoms with Crippen LogP contribution in [0.15, 0.2) is 42.6 Å². The lowest BCUT2D eigenvalue weighted by atomic mass is 10.2. The Morgan fingerprint density at radius 3 is 2.88 bits per heavy atom. The van der Waals surface area contributed by atoms with E-state index in [0.717, 1.165) is 12.1 Å². The van der Waals surface area contributed by atoms with E-state index in [0.29, 0.717) is 34.4 Å². The van der Waals surface area contributed by atoms with Crippen molar-refractivity contribution < 1.29 is 4.79 Å². The number of amides is 1. The fourth-order valence-electron chi connectivity index (χ4n) is 3.16. The zero-order valence-electron chi connectivity index (χ0n) is 17.6. The number of nitrogens with zero attached hydrogens (tertiary/aromatic N) is 6. The number of hydrogen-bond donors (Lipinski definition) is 3. The zero-order valence-corrected chi connectivity index (χ0v) is 18.3. The average molecular weight is 452 g/mol. The van der Waals surface area contributed by atoms with Crippen LogP contribution in [0, 0.1) is 0 Å². The molecule has 0 radical (unpaired) electrons. The summed E-state index contributed by atoms with van der Waals surface area (Å²) in [5.41, 5.74) is 8.02. The first kappa shape index (κ1) is 21.4. The molecule has 0 aliphatic heterocycles. The smallest absolute Gasteiger partial charge is 0.274 e. The zero-order chi connectivity index (χ0) is 22.7. The van der Waals surface area contributed by atoms with Gasteiger partial charge in [-0.25, -0.2) is 9.97 Å². The SMILES string of the molecule is CCCc1cnc(N)c(C(=O)N[C@H](C)c2nnc3ccc(Nc4cccc(Cl)c4)nn23)n1. The minimum Gasteiger partial charge on any atom is -0.382 e. The van der Waals surface area contributed by atoms with E-state index in [9.17, 15) is 4.79 Å². The number of anilines is 3. The molecule has 0 fully saturated rings. The molecule has 1 atom stereocenters. The van der Waals surface area contributed by atoms with Crippen molar-refractivity contribution in [2.45, 2.75) is 32.7 Å². The molecule has 10 nitrogen and oxygen atoms in total. The fraction of sp³-hybridized carbons (Fsp3) is 0.238. The van der Waals surface area contributed by atoms with E-state index in [1.165, 1.54) is 0 Å². The molecule has 1 amide bonds. The van der Waals surface area contributed by atoms with E-state index in [4.69, 9.17) is 17.3 Å². The van der Waals surface area contributed by atoms with Gasteiger partial charge >= 0.3 is 0 Å². The summed E-state index contributed by atoms with van der Waals surface area (Å²) < 4.78 is 1.57. The van der Waals surface area contributed by atoms with Gasteiger partial charge in [0.25, 0.3) is 5.91 Å². The second-order valence-electron chi connectivity index (χ2n) is 7.22. The number of aromatic nitrogens is 6. The maximum Gasteiger partial charge on any atom is 0.274 e. The highest BCUT2D eigenvalue weighted by molar-refractivity contribution is 6.30. The van der Waals surface area contributed by atoms with Crippen molar-refractivity contribution in [3.63, 3.8) is 0 Å². The highest BCUT2D eigenvalue weighted by Crippen LogP contribution is 2.20. The maximum atomic E-state index is 12.8. The molecular formula is C21H22ClN9O. The van der Waals surface area contributed by atoms with Gasteiger partial charge in [0, 0.05) is 10.7 Å². The van der Waals surface area contributed by atoms with Gasteiger partial charge in [-0.1, -0.05) is 31.0 Å². The summed E-state index contributed by atoms with van der Waals surface area (Å²) in [6.45, 7) is 3.81. The Balaban J connectivity index is 1.56. The standard InChI is InChI=1S/C21H22ClN9O/c1-3-5-15-11-24-19(23)18(27-15)21(32)25-12(2)20-29-28-17-9-8-16(30-31(17)20)26-14-7-4-6-13(22)10-14/h4,6-12H,3,5H2,1-2H3,(H2,23,24)(H,25,32)(H,26,30)/t12-/m1/s1. The highest BCUT2D eigenvalue weighted by Gasteiger charge is 2.21. The van der Waals surface area contributed by atoms with Crippen LogP contribution in [-0.2, 0) is 6.42 Å². The highest BCUT2D eigenvalue weighted by atomic mass is 35.5. The van der Waals surface area contributed by atoms with E-state index in [1.807, 2.05) is 19.1 Å². The first-order chi connectivity index (χ1) is 15.4. The van der Waals surface area contributed by atoms with Crippen molar-refractivity contribution in [2.24, 2.45) is 0 Å². The lowest BCUT2D eigenvalue weighted by Gasteiger charge is -2.13. The van der Waals surface area contributed by atoms with Crippen molar-refractivity contribution in [2.75, 3.05) is 11.1 Å². The summed E-state index contributed by atoms with van der Waals surface area (Å²) >= 11 is 6.05. The summed E-state index contributed by atoms with van der Waals surface area (Å²) in [5.74, 6) is 0.665. The second-order valence-corrected chi connectivity index (χ2v) is 7.66. The molecule has 0 saturated carbocycles. The van der Waals surface area contributed by atoms with Crippen molar-refractivity contribution in [1.82, 2.24) is 35.1 Å². The van der Waals surface area contributed by atoms with Crippen LogP contribution in [0.1, 0.15) is 48.3 Å². The quantitative estimate of drug-likeness (QED) is 0.389. The summed E-state index contributed by atoms with van der Waals surface area (Å²) in [6, 6.07) is 10.4. The Bertz CT molecular complexity index is 1270. The molecule has 4 N–H and O–H groups in total. The van der Waals surface area contributed by atoms with Crippen molar-refractivity contribution >= 4 is 40.5 Å². The van der Waals surface area contributed by atoms with E-state index >= 15 is 0 Å². The Morgan fingerprint density at radius 1 is 1.25 bits per heavy atom. The van der Waals surface area contributed by atoms with Gasteiger partial charge < -0.3 is 16.4 Å². The third-order valence-electron chi connectivity index (χ3n) is 4.69. The van der Waals surface area contributed by atoms with Crippen molar-refractivity contribution in [1.29, 1.82) is 0 Å². The Morgan fingerprint density at radius 2 is 2.09 bits per heavy atom. The molecule has 3 aromatic heterocycles. The van der Waals surface area contributed by atoms with Gasteiger partial charge in [-0.2, -0.15) is 4.52 Å². The van der Waals surface area contributed by atoms with E-state index in [1.54, 1.807) is 41.9 Å². The van der Waals surface area contributed by atoms with Crippen LogP contribution < -0.4 is 16.4 Å². The predicted octanol–water partition coefficient (Wildman–Crippen LogP) is 3.34. The van der Waals surface area contributed by atoms with Gasteiger partial charge in [0.15, 0.2) is 28.8 Å². The molecule has 0 aliphatic rings. The van der Waals surface area contributed by atoms with Gasteiger partial charge in [0.2, 0.25) is 0 Å².